The Labute approximate surface area is 230 Å². The molecule has 0 fully saturated rings. The smallest absolute Gasteiger partial charge is 0.251 e. The Morgan fingerprint density at radius 1 is 0.769 bits per heavy atom. The van der Waals surface area contributed by atoms with Gasteiger partial charge in [0.15, 0.2) is 0 Å². The van der Waals surface area contributed by atoms with E-state index in [1.165, 1.54) is 0 Å². The summed E-state index contributed by atoms with van der Waals surface area (Å²) in [4.78, 5) is 25.4. The minimum atomic E-state index is -0.109. The van der Waals surface area contributed by atoms with Crippen molar-refractivity contribution in [1.29, 1.82) is 0 Å². The standard InChI is InChI=1S/C28H39N7O4/c1-3-4-13-30-26-33-27(35-28(34-26)32-21-22-9-8-12-24(20-22)37-2)31-15-17-39-19-18-38-16-14-29-25(36)23-10-6-5-7-11-23/h5-12,20H,3-4,13-19,21H2,1-2H3,(H,29,36)(H3,30,31,32,33,34,35). The highest BCUT2D eigenvalue weighted by Gasteiger charge is 2.07. The molecule has 0 aliphatic rings. The van der Waals surface area contributed by atoms with E-state index in [2.05, 4.69) is 43.1 Å². The van der Waals surface area contributed by atoms with E-state index in [1.807, 2.05) is 42.5 Å². The molecule has 0 saturated carbocycles. The number of rotatable bonds is 19. The highest BCUT2D eigenvalue weighted by Crippen LogP contribution is 2.15. The summed E-state index contributed by atoms with van der Waals surface area (Å²) in [5.41, 5.74) is 1.69. The second-order valence-electron chi connectivity index (χ2n) is 8.57. The van der Waals surface area contributed by atoms with Crippen LogP contribution in [0.4, 0.5) is 17.8 Å². The maximum Gasteiger partial charge on any atom is 0.251 e. The normalized spacial score (nSPS) is 10.6. The van der Waals surface area contributed by atoms with E-state index in [0.29, 0.717) is 69.5 Å². The van der Waals surface area contributed by atoms with Crippen molar-refractivity contribution in [1.82, 2.24) is 20.3 Å². The molecule has 1 aromatic heterocycles. The first-order valence-corrected chi connectivity index (χ1v) is 13.3. The van der Waals surface area contributed by atoms with E-state index in [1.54, 1.807) is 19.2 Å². The summed E-state index contributed by atoms with van der Waals surface area (Å²) in [5, 5.41) is 12.5. The van der Waals surface area contributed by atoms with Crippen molar-refractivity contribution >= 4 is 23.8 Å². The van der Waals surface area contributed by atoms with Crippen LogP contribution >= 0.6 is 0 Å². The van der Waals surface area contributed by atoms with Gasteiger partial charge in [0.25, 0.3) is 5.91 Å². The molecule has 4 N–H and O–H groups in total. The minimum absolute atomic E-state index is 0.109. The first-order chi connectivity index (χ1) is 19.2. The number of nitrogens with zero attached hydrogens (tertiary/aromatic N) is 3. The van der Waals surface area contributed by atoms with Crippen LogP contribution < -0.4 is 26.0 Å². The summed E-state index contributed by atoms with van der Waals surface area (Å²) in [5.74, 6) is 2.15. The zero-order valence-corrected chi connectivity index (χ0v) is 22.7. The summed E-state index contributed by atoms with van der Waals surface area (Å²) >= 11 is 0. The summed E-state index contributed by atoms with van der Waals surface area (Å²) in [6.45, 7) is 6.22. The lowest BCUT2D eigenvalue weighted by molar-refractivity contribution is 0.0519. The predicted octanol–water partition coefficient (Wildman–Crippen LogP) is 3.58. The largest absolute Gasteiger partial charge is 0.497 e. The third-order valence-electron chi connectivity index (χ3n) is 5.50. The summed E-state index contributed by atoms with van der Waals surface area (Å²) < 4.78 is 16.5. The Morgan fingerprint density at radius 2 is 1.44 bits per heavy atom. The number of hydrogen-bond donors (Lipinski definition) is 4. The SMILES string of the molecule is CCCCNc1nc(NCCOCCOCCNC(=O)c2ccccc2)nc(NCc2cccc(OC)c2)n1. The van der Waals surface area contributed by atoms with E-state index in [4.69, 9.17) is 14.2 Å². The van der Waals surface area contributed by atoms with Gasteiger partial charge in [0, 0.05) is 31.7 Å². The third kappa shape index (κ3) is 11.5. The molecule has 2 aromatic carbocycles. The number of unbranched alkanes of at least 4 members (excludes halogenated alkanes) is 1. The van der Waals surface area contributed by atoms with Crippen molar-refractivity contribution in [2.24, 2.45) is 0 Å². The number of nitrogens with one attached hydrogen (secondary N) is 4. The van der Waals surface area contributed by atoms with Gasteiger partial charge in [0.05, 0.1) is 33.5 Å². The fraction of sp³-hybridized carbons (Fsp3) is 0.429. The second-order valence-corrected chi connectivity index (χ2v) is 8.57. The fourth-order valence-corrected chi connectivity index (χ4v) is 3.44. The molecule has 3 rings (SSSR count). The number of hydrogen-bond acceptors (Lipinski definition) is 10. The zero-order valence-electron chi connectivity index (χ0n) is 22.7. The van der Waals surface area contributed by atoms with Gasteiger partial charge >= 0.3 is 0 Å². The molecule has 3 aromatic rings. The molecule has 0 unspecified atom stereocenters. The number of amides is 1. The van der Waals surface area contributed by atoms with Crippen molar-refractivity contribution in [3.05, 3.63) is 65.7 Å². The molecule has 0 atom stereocenters. The average molecular weight is 538 g/mol. The lowest BCUT2D eigenvalue weighted by Crippen LogP contribution is -2.27. The van der Waals surface area contributed by atoms with Gasteiger partial charge in [-0.3, -0.25) is 4.79 Å². The molecule has 0 radical (unpaired) electrons. The maximum absolute atomic E-state index is 12.0. The molecule has 11 heteroatoms. The van der Waals surface area contributed by atoms with Crippen LogP contribution in [0, 0.1) is 0 Å². The van der Waals surface area contributed by atoms with Crippen molar-refractivity contribution in [2.45, 2.75) is 26.3 Å². The third-order valence-corrected chi connectivity index (χ3v) is 5.50. The topological polar surface area (TPSA) is 132 Å². The number of anilines is 3. The minimum Gasteiger partial charge on any atom is -0.497 e. The molecule has 1 amide bonds. The van der Waals surface area contributed by atoms with Gasteiger partial charge in [-0.1, -0.05) is 43.7 Å². The van der Waals surface area contributed by atoms with Gasteiger partial charge in [0.2, 0.25) is 17.8 Å². The first kappa shape index (κ1) is 29.6. The molecule has 11 nitrogen and oxygen atoms in total. The molecule has 0 saturated heterocycles. The Hall–Kier alpha value is -3.96. The fourth-order valence-electron chi connectivity index (χ4n) is 3.44. The van der Waals surface area contributed by atoms with Crippen molar-refractivity contribution < 1.29 is 19.0 Å². The highest BCUT2D eigenvalue weighted by molar-refractivity contribution is 5.94. The number of aromatic nitrogens is 3. The molecule has 0 bridgehead atoms. The quantitative estimate of drug-likeness (QED) is 0.168. The molecule has 0 aliphatic carbocycles. The zero-order chi connectivity index (χ0) is 27.5. The number of carbonyl (C=O) groups is 1. The summed E-state index contributed by atoms with van der Waals surface area (Å²) in [6, 6.07) is 16.9. The number of ether oxygens (including phenoxy) is 3. The first-order valence-electron chi connectivity index (χ1n) is 13.3. The van der Waals surface area contributed by atoms with Crippen molar-refractivity contribution in [2.75, 3.05) is 69.1 Å². The Balaban J connectivity index is 1.35. The summed E-state index contributed by atoms with van der Waals surface area (Å²) in [7, 11) is 1.65. The van der Waals surface area contributed by atoms with Gasteiger partial charge in [0.1, 0.15) is 5.75 Å². The van der Waals surface area contributed by atoms with Crippen LogP contribution in [-0.4, -0.2) is 74.0 Å². The Bertz CT molecular complexity index is 1120. The van der Waals surface area contributed by atoms with E-state index >= 15 is 0 Å². The van der Waals surface area contributed by atoms with Crippen LogP contribution in [0.5, 0.6) is 5.75 Å². The van der Waals surface area contributed by atoms with Crippen LogP contribution in [0.15, 0.2) is 54.6 Å². The van der Waals surface area contributed by atoms with Gasteiger partial charge in [-0.25, -0.2) is 0 Å². The maximum atomic E-state index is 12.0. The van der Waals surface area contributed by atoms with Crippen LogP contribution in [-0.2, 0) is 16.0 Å². The molecular formula is C28H39N7O4. The second kappa shape index (κ2) is 17.5. The van der Waals surface area contributed by atoms with E-state index < -0.39 is 0 Å². The number of carbonyl (C=O) groups excluding carboxylic acids is 1. The Morgan fingerprint density at radius 3 is 2.13 bits per heavy atom. The van der Waals surface area contributed by atoms with Gasteiger partial charge < -0.3 is 35.5 Å². The van der Waals surface area contributed by atoms with E-state index in [-0.39, 0.29) is 5.91 Å². The van der Waals surface area contributed by atoms with Gasteiger partial charge in [-0.2, -0.15) is 15.0 Å². The molecule has 210 valence electrons. The average Bonchev–Trinajstić information content (AvgIpc) is 2.97. The van der Waals surface area contributed by atoms with E-state index in [9.17, 15) is 4.79 Å². The van der Waals surface area contributed by atoms with Gasteiger partial charge in [-0.15, -0.1) is 0 Å². The lowest BCUT2D eigenvalue weighted by atomic mass is 10.2. The molecule has 1 heterocycles. The highest BCUT2D eigenvalue weighted by atomic mass is 16.5. The summed E-state index contributed by atoms with van der Waals surface area (Å²) in [6.07, 6.45) is 2.10. The molecule has 0 spiro atoms. The van der Waals surface area contributed by atoms with Crippen LogP contribution in [0.1, 0.15) is 35.7 Å². The van der Waals surface area contributed by atoms with Gasteiger partial charge in [-0.05, 0) is 36.2 Å². The lowest BCUT2D eigenvalue weighted by Gasteiger charge is -2.12. The molecule has 0 aliphatic heterocycles. The van der Waals surface area contributed by atoms with Crippen LogP contribution in [0.3, 0.4) is 0 Å². The molecular weight excluding hydrogens is 498 g/mol. The van der Waals surface area contributed by atoms with Crippen LogP contribution in [0.25, 0.3) is 0 Å². The van der Waals surface area contributed by atoms with Crippen LogP contribution in [0.2, 0.25) is 0 Å². The number of methoxy groups -OCH3 is 1. The molecule has 39 heavy (non-hydrogen) atoms. The monoisotopic (exact) mass is 537 g/mol. The Kier molecular flexibility index (Phi) is 13.3. The number of benzene rings is 2. The van der Waals surface area contributed by atoms with Crippen molar-refractivity contribution in [3.63, 3.8) is 0 Å². The predicted molar refractivity (Wildman–Crippen MR) is 152 cm³/mol. The van der Waals surface area contributed by atoms with Crippen molar-refractivity contribution in [3.8, 4) is 5.75 Å². The van der Waals surface area contributed by atoms with E-state index in [0.717, 1.165) is 30.7 Å².